The summed E-state index contributed by atoms with van der Waals surface area (Å²) in [6.07, 6.45) is 0.342. The van der Waals surface area contributed by atoms with Gasteiger partial charge in [0.25, 0.3) is 5.91 Å². The van der Waals surface area contributed by atoms with Crippen LogP contribution in [0.5, 0.6) is 0 Å². The Hall–Kier alpha value is -2.15. The highest BCUT2D eigenvalue weighted by Crippen LogP contribution is 2.21. The van der Waals surface area contributed by atoms with Crippen molar-refractivity contribution in [1.29, 1.82) is 0 Å². The smallest absolute Gasteiger partial charge is 0.329 e. The van der Waals surface area contributed by atoms with Crippen LogP contribution in [-0.2, 0) is 9.53 Å². The molecule has 1 aromatic rings. The van der Waals surface area contributed by atoms with E-state index in [-0.39, 0.29) is 37.2 Å². The Balaban J connectivity index is 2.24. The van der Waals surface area contributed by atoms with Crippen molar-refractivity contribution in [3.63, 3.8) is 0 Å². The molecule has 7 nitrogen and oxygen atoms in total. The van der Waals surface area contributed by atoms with Gasteiger partial charge in [-0.1, -0.05) is 0 Å². The third-order valence-electron chi connectivity index (χ3n) is 3.22. The Morgan fingerprint density at radius 3 is 2.50 bits per heavy atom. The van der Waals surface area contributed by atoms with Gasteiger partial charge in [-0.15, -0.1) is 0 Å². The van der Waals surface area contributed by atoms with Crippen molar-refractivity contribution in [3.05, 3.63) is 33.9 Å². The van der Waals surface area contributed by atoms with Crippen molar-refractivity contribution >= 4 is 11.9 Å². The summed E-state index contributed by atoms with van der Waals surface area (Å²) < 4.78 is 10.3. The van der Waals surface area contributed by atoms with Crippen LogP contribution >= 0.6 is 0 Å². The van der Waals surface area contributed by atoms with E-state index in [1.54, 1.807) is 6.92 Å². The van der Waals surface area contributed by atoms with E-state index in [0.29, 0.717) is 5.76 Å². The summed E-state index contributed by atoms with van der Waals surface area (Å²) in [6, 6.07) is 2.29. The molecule has 1 aromatic heterocycles. The van der Waals surface area contributed by atoms with Gasteiger partial charge < -0.3 is 19.6 Å². The minimum atomic E-state index is -1.38. The number of carboxylic acids is 1. The van der Waals surface area contributed by atoms with Gasteiger partial charge in [0.2, 0.25) is 0 Å². The van der Waals surface area contributed by atoms with Crippen LogP contribution in [0, 0.1) is 6.92 Å². The van der Waals surface area contributed by atoms with Gasteiger partial charge in [-0.3, -0.25) is 9.59 Å². The maximum atomic E-state index is 12.1. The van der Waals surface area contributed by atoms with Gasteiger partial charge in [0, 0.05) is 38.2 Å². The summed E-state index contributed by atoms with van der Waals surface area (Å²) in [7, 11) is 0. The lowest BCUT2D eigenvalue weighted by Gasteiger charge is -2.33. The molecule has 0 spiro atoms. The Morgan fingerprint density at radius 2 is 1.95 bits per heavy atom. The van der Waals surface area contributed by atoms with E-state index in [2.05, 4.69) is 5.32 Å². The zero-order valence-electron chi connectivity index (χ0n) is 11.0. The molecule has 0 bridgehead atoms. The summed E-state index contributed by atoms with van der Waals surface area (Å²) in [6.45, 7) is 2.05. The van der Waals surface area contributed by atoms with Crippen molar-refractivity contribution in [2.75, 3.05) is 13.2 Å². The van der Waals surface area contributed by atoms with E-state index in [0.717, 1.165) is 6.07 Å². The van der Waals surface area contributed by atoms with E-state index in [1.807, 2.05) is 0 Å². The first-order valence-electron chi connectivity index (χ1n) is 6.18. The average Bonchev–Trinajstić information content (AvgIpc) is 2.38. The minimum absolute atomic E-state index is 0.171. The molecule has 7 heteroatoms. The van der Waals surface area contributed by atoms with E-state index in [9.17, 15) is 19.5 Å². The zero-order valence-corrected chi connectivity index (χ0v) is 11.0. The Labute approximate surface area is 114 Å². The molecular weight excluding hydrogens is 266 g/mol. The molecule has 1 aliphatic heterocycles. The minimum Gasteiger partial charge on any atom is -0.480 e. The molecule has 0 aliphatic carbocycles. The monoisotopic (exact) mass is 281 g/mol. The van der Waals surface area contributed by atoms with Gasteiger partial charge in [-0.25, -0.2) is 4.79 Å². The molecule has 0 aromatic carbocycles. The maximum absolute atomic E-state index is 12.1. The number of carbonyl (C=O) groups excluding carboxylic acids is 1. The first kappa shape index (κ1) is 14.3. The standard InChI is InChI=1S/C13H15NO6/c1-8-6-9(15)7-10(20-8)11(16)14-13(12(17)18)2-4-19-5-3-13/h6-7H,2-5H2,1H3,(H,14,16)(H,17,18). The van der Waals surface area contributed by atoms with Crippen LogP contribution in [0.2, 0.25) is 0 Å². The molecule has 0 unspecified atom stereocenters. The molecule has 1 aliphatic rings. The van der Waals surface area contributed by atoms with Crippen LogP contribution in [0.3, 0.4) is 0 Å². The van der Waals surface area contributed by atoms with Crippen LogP contribution in [-0.4, -0.2) is 35.7 Å². The normalized spacial score (nSPS) is 17.4. The van der Waals surface area contributed by atoms with Gasteiger partial charge in [0.1, 0.15) is 11.3 Å². The summed E-state index contributed by atoms with van der Waals surface area (Å²) in [4.78, 5) is 34.8. The largest absolute Gasteiger partial charge is 0.480 e. The molecule has 20 heavy (non-hydrogen) atoms. The van der Waals surface area contributed by atoms with Crippen LogP contribution in [0.15, 0.2) is 21.3 Å². The number of amides is 1. The number of aliphatic carboxylic acids is 1. The average molecular weight is 281 g/mol. The van der Waals surface area contributed by atoms with Gasteiger partial charge in [0.15, 0.2) is 11.2 Å². The summed E-state index contributed by atoms with van der Waals surface area (Å²) in [5.41, 5.74) is -1.74. The number of rotatable bonds is 3. The molecule has 2 rings (SSSR count). The molecule has 2 N–H and O–H groups in total. The second-order valence-electron chi connectivity index (χ2n) is 4.72. The molecule has 0 atom stereocenters. The second-order valence-corrected chi connectivity index (χ2v) is 4.72. The quantitative estimate of drug-likeness (QED) is 0.826. The predicted molar refractivity (Wildman–Crippen MR) is 67.6 cm³/mol. The van der Waals surface area contributed by atoms with E-state index >= 15 is 0 Å². The highest BCUT2D eigenvalue weighted by Gasteiger charge is 2.42. The van der Waals surface area contributed by atoms with Gasteiger partial charge >= 0.3 is 5.97 Å². The third-order valence-corrected chi connectivity index (χ3v) is 3.22. The molecule has 0 radical (unpaired) electrons. The molecule has 1 amide bonds. The van der Waals surface area contributed by atoms with E-state index in [4.69, 9.17) is 9.15 Å². The predicted octanol–water partition coefficient (Wildman–Crippen LogP) is 0.312. The fourth-order valence-electron chi connectivity index (χ4n) is 2.11. The lowest BCUT2D eigenvalue weighted by atomic mass is 9.90. The molecule has 0 saturated carbocycles. The zero-order chi connectivity index (χ0) is 14.8. The highest BCUT2D eigenvalue weighted by atomic mass is 16.5. The Bertz CT molecular complexity index is 585. The Kier molecular flexibility index (Phi) is 3.89. The van der Waals surface area contributed by atoms with Gasteiger partial charge in [-0.05, 0) is 6.92 Å². The first-order chi connectivity index (χ1) is 9.43. The van der Waals surface area contributed by atoms with E-state index in [1.165, 1.54) is 6.07 Å². The first-order valence-corrected chi connectivity index (χ1v) is 6.18. The van der Waals surface area contributed by atoms with Gasteiger partial charge in [0.05, 0.1) is 0 Å². The number of carboxylic acid groups (broad SMARTS) is 1. The van der Waals surface area contributed by atoms with Crippen LogP contribution < -0.4 is 10.7 Å². The second kappa shape index (κ2) is 5.46. The van der Waals surface area contributed by atoms with Crippen molar-refractivity contribution in [2.45, 2.75) is 25.3 Å². The molecular formula is C13H15NO6. The topological polar surface area (TPSA) is 106 Å². The lowest BCUT2D eigenvalue weighted by molar-refractivity contribution is -0.148. The summed E-state index contributed by atoms with van der Waals surface area (Å²) in [5.74, 6) is -1.74. The van der Waals surface area contributed by atoms with Crippen LogP contribution in [0.1, 0.15) is 29.2 Å². The van der Waals surface area contributed by atoms with Crippen LogP contribution in [0.25, 0.3) is 0 Å². The SMILES string of the molecule is Cc1cc(=O)cc(C(=O)NC2(C(=O)O)CCOCC2)o1. The van der Waals surface area contributed by atoms with Crippen molar-refractivity contribution in [1.82, 2.24) is 5.32 Å². The van der Waals surface area contributed by atoms with Gasteiger partial charge in [-0.2, -0.15) is 0 Å². The fraction of sp³-hybridized carbons (Fsp3) is 0.462. The number of aryl methyl sites for hydroxylation is 1. The number of hydrogen-bond donors (Lipinski definition) is 2. The molecule has 1 fully saturated rings. The van der Waals surface area contributed by atoms with Crippen molar-refractivity contribution in [2.24, 2.45) is 0 Å². The molecule has 1 saturated heterocycles. The fourth-order valence-corrected chi connectivity index (χ4v) is 2.11. The van der Waals surface area contributed by atoms with E-state index < -0.39 is 17.4 Å². The number of carbonyl (C=O) groups is 2. The Morgan fingerprint density at radius 1 is 1.30 bits per heavy atom. The maximum Gasteiger partial charge on any atom is 0.329 e. The lowest BCUT2D eigenvalue weighted by Crippen LogP contribution is -2.57. The third kappa shape index (κ3) is 2.88. The molecule has 108 valence electrons. The highest BCUT2D eigenvalue weighted by molar-refractivity contribution is 5.95. The number of hydrogen-bond acceptors (Lipinski definition) is 5. The van der Waals surface area contributed by atoms with Crippen LogP contribution in [0.4, 0.5) is 0 Å². The molecule has 2 heterocycles. The summed E-state index contributed by atoms with van der Waals surface area (Å²) >= 11 is 0. The number of nitrogens with one attached hydrogen (secondary N) is 1. The summed E-state index contributed by atoms with van der Waals surface area (Å²) in [5, 5.41) is 11.8. The number of ether oxygens (including phenoxy) is 1. The van der Waals surface area contributed by atoms with Crippen molar-refractivity contribution < 1.29 is 23.8 Å². The van der Waals surface area contributed by atoms with Crippen molar-refractivity contribution in [3.8, 4) is 0 Å².